The fourth-order valence-corrected chi connectivity index (χ4v) is 5.25. The maximum atomic E-state index is 8.25. The van der Waals surface area contributed by atoms with Gasteiger partial charge in [-0.15, -0.1) is 0 Å². The zero-order chi connectivity index (χ0) is 63.5. The van der Waals surface area contributed by atoms with Crippen molar-refractivity contribution in [3.05, 3.63) is 293 Å². The van der Waals surface area contributed by atoms with Crippen LogP contribution < -0.4 is 0 Å². The van der Waals surface area contributed by atoms with Gasteiger partial charge in [-0.2, -0.15) is 10.5 Å². The van der Waals surface area contributed by atoms with Gasteiger partial charge in [-0.1, -0.05) is 54.6 Å². The maximum Gasteiger partial charge on any atom is 3.00 e. The molecular formula is C49H39N17Nd2O18. The summed E-state index contributed by atoms with van der Waals surface area (Å²) >= 11 is 0. The number of rotatable bonds is 6. The second-order valence-electron chi connectivity index (χ2n) is 13.3. The quantitative estimate of drug-likeness (QED) is 0.110. The number of pyridine rings is 9. The molecule has 0 N–H and O–H groups in total. The topological polar surface area (TPSA) is 561 Å². The molecule has 2 radical (unpaired) electrons. The molecule has 0 saturated heterocycles. The zero-order valence-corrected chi connectivity index (χ0v) is 50.4. The summed E-state index contributed by atoms with van der Waals surface area (Å²) in [4.78, 5) is 89.1. The molecule has 9 aromatic heterocycles. The van der Waals surface area contributed by atoms with E-state index < -0.39 is 30.5 Å². The van der Waals surface area contributed by atoms with E-state index in [0.717, 1.165) is 68.3 Å². The van der Waals surface area contributed by atoms with Gasteiger partial charge in [0.1, 0.15) is 0 Å². The van der Waals surface area contributed by atoms with Crippen LogP contribution in [0, 0.1) is 196 Å². The van der Waals surface area contributed by atoms with Gasteiger partial charge in [0.05, 0.1) is 111 Å². The van der Waals surface area contributed by atoms with Crippen molar-refractivity contribution < 1.29 is 112 Å². The first-order valence-corrected chi connectivity index (χ1v) is 21.9. The van der Waals surface area contributed by atoms with Crippen LogP contribution in [-0.4, -0.2) is 75.4 Å². The number of aromatic nitrogens is 9. The zero-order valence-electron chi connectivity index (χ0n) is 44.0. The Balaban J connectivity index is -0.000000472. The Bertz CT molecular complexity index is 2820. The Morgan fingerprint density at radius 2 is 0.360 bits per heavy atom. The molecule has 0 aliphatic carbocycles. The minimum absolute atomic E-state index is 0. The van der Waals surface area contributed by atoms with E-state index in [2.05, 4.69) is 44.9 Å². The Morgan fingerprint density at radius 1 is 0.256 bits per heavy atom. The standard InChI is InChI=1S/3C15H11N3.2C2H3N.6NO3.2Nd/c3*1-3-10-16-12(6-1)14-8-5-9-15(18-14)13-7-2-4-11-17-13;2*1-2-3;6*2-1(3)4;;/h3*1-11H;2*1H3;;;;;;;;/q;;;;;6*-1;2*+3. The minimum Gasteiger partial charge on any atom is -0.356 e. The third-order valence-electron chi connectivity index (χ3n) is 7.81. The van der Waals surface area contributed by atoms with Crippen LogP contribution in [-0.2, 0) is 0 Å². The molecule has 0 aromatic carbocycles. The second kappa shape index (κ2) is 52.3. The van der Waals surface area contributed by atoms with Crippen molar-refractivity contribution in [2.24, 2.45) is 0 Å². The Hall–Kier alpha value is -10.8. The average Bonchev–Trinajstić information content (AvgIpc) is 3.32. The van der Waals surface area contributed by atoms with Gasteiger partial charge in [0.2, 0.25) is 0 Å². The van der Waals surface area contributed by atoms with Crippen molar-refractivity contribution in [2.45, 2.75) is 13.8 Å². The summed E-state index contributed by atoms with van der Waals surface area (Å²) in [5.41, 5.74) is 10.4. The van der Waals surface area contributed by atoms with Crippen LogP contribution in [0.2, 0.25) is 0 Å². The molecule has 0 spiro atoms. The molecule has 37 heteroatoms. The molecule has 35 nitrogen and oxygen atoms in total. The van der Waals surface area contributed by atoms with Crippen molar-refractivity contribution in [3.63, 3.8) is 0 Å². The molecule has 0 saturated carbocycles. The first-order valence-electron chi connectivity index (χ1n) is 21.9. The van der Waals surface area contributed by atoms with Gasteiger partial charge in [-0.25, -0.2) is 15.0 Å². The summed E-state index contributed by atoms with van der Waals surface area (Å²) in [7, 11) is 0. The van der Waals surface area contributed by atoms with Crippen molar-refractivity contribution in [1.29, 1.82) is 10.5 Å². The first kappa shape index (κ1) is 81.7. The van der Waals surface area contributed by atoms with Crippen LogP contribution in [0.1, 0.15) is 13.8 Å². The summed E-state index contributed by atoms with van der Waals surface area (Å²) in [6.07, 6.45) is 10.6. The summed E-state index contributed by atoms with van der Waals surface area (Å²) in [5, 5.41) is 103. The largest absolute Gasteiger partial charge is 3.00 e. The molecule has 9 aromatic rings. The molecule has 0 fully saturated rings. The molecule has 9 heterocycles. The first-order chi connectivity index (χ1) is 40.0. The van der Waals surface area contributed by atoms with E-state index in [4.69, 9.17) is 102 Å². The predicted molar refractivity (Wildman–Crippen MR) is 297 cm³/mol. The predicted octanol–water partition coefficient (Wildman–Crippen LogP) is 9.24. The van der Waals surface area contributed by atoms with E-state index in [1.54, 1.807) is 49.3 Å². The number of hydrogen-bond donors (Lipinski definition) is 0. The Morgan fingerprint density at radius 3 is 0.453 bits per heavy atom. The molecular weight excluding hydrogens is 1400 g/mol. The van der Waals surface area contributed by atoms with Gasteiger partial charge in [0.25, 0.3) is 0 Å². The van der Waals surface area contributed by atoms with Gasteiger partial charge < -0.3 is 91.9 Å². The van der Waals surface area contributed by atoms with E-state index in [-0.39, 0.29) is 81.7 Å². The number of nitriles is 2. The summed E-state index contributed by atoms with van der Waals surface area (Å²) in [6.45, 7) is 2.86. The van der Waals surface area contributed by atoms with Gasteiger partial charge in [0.15, 0.2) is 0 Å². The third-order valence-corrected chi connectivity index (χ3v) is 7.81. The monoisotopic (exact) mass is 1440 g/mol. The van der Waals surface area contributed by atoms with Crippen LogP contribution in [0.25, 0.3) is 68.3 Å². The van der Waals surface area contributed by atoms with Crippen LogP contribution in [0.4, 0.5) is 0 Å². The van der Waals surface area contributed by atoms with Crippen molar-refractivity contribution in [2.75, 3.05) is 0 Å². The van der Waals surface area contributed by atoms with Crippen molar-refractivity contribution in [3.8, 4) is 80.5 Å². The van der Waals surface area contributed by atoms with E-state index in [1.807, 2.05) is 164 Å². The second-order valence-corrected chi connectivity index (χ2v) is 13.3. The van der Waals surface area contributed by atoms with Gasteiger partial charge in [-0.05, 0) is 109 Å². The molecule has 436 valence electrons. The molecule has 0 bridgehead atoms. The summed E-state index contributed by atoms with van der Waals surface area (Å²) in [6, 6.07) is 55.9. The van der Waals surface area contributed by atoms with Crippen LogP contribution >= 0.6 is 0 Å². The fourth-order valence-electron chi connectivity index (χ4n) is 5.25. The molecule has 0 aliphatic rings. The Kier molecular flexibility index (Phi) is 49.7. The number of hydrogen-bond acceptors (Lipinski definition) is 29. The fraction of sp³-hybridized carbons (Fsp3) is 0.0408. The van der Waals surface area contributed by atoms with Crippen LogP contribution in [0.3, 0.4) is 0 Å². The minimum atomic E-state index is -1.75. The SMILES string of the molecule is CC#N.CC#N.O=[N+]([O-])[O-].O=[N+]([O-])[O-].O=[N+]([O-])[O-].O=[N+]([O-])[O-].O=[N+]([O-])[O-].O=[N+]([O-])[O-].[Nd+3].[Nd+3].c1ccc(-c2cccc(-c3ccccn3)n2)nc1.c1ccc(-c2cccc(-c3ccccn3)n2)nc1.c1ccc(-c2cccc(-c3ccccn3)n2)nc1. The smallest absolute Gasteiger partial charge is 0.356 e. The molecule has 0 atom stereocenters. The van der Waals surface area contributed by atoms with Gasteiger partial charge in [-0.3, -0.25) is 29.9 Å². The van der Waals surface area contributed by atoms with E-state index in [1.165, 1.54) is 13.8 Å². The Labute approximate surface area is 550 Å². The molecule has 9 rings (SSSR count). The summed E-state index contributed by atoms with van der Waals surface area (Å²) in [5.74, 6) is 0. The molecule has 0 amide bonds. The van der Waals surface area contributed by atoms with E-state index >= 15 is 0 Å². The van der Waals surface area contributed by atoms with Crippen molar-refractivity contribution in [1.82, 2.24) is 44.9 Å². The van der Waals surface area contributed by atoms with E-state index in [9.17, 15) is 0 Å². The molecule has 0 aliphatic heterocycles. The van der Waals surface area contributed by atoms with Crippen LogP contribution in [0.5, 0.6) is 0 Å². The normalized spacial score (nSPS) is 8.28. The van der Waals surface area contributed by atoms with Crippen molar-refractivity contribution >= 4 is 0 Å². The number of nitrogens with zero attached hydrogens (tertiary/aromatic N) is 17. The van der Waals surface area contributed by atoms with E-state index in [0.29, 0.717) is 0 Å². The summed E-state index contributed by atoms with van der Waals surface area (Å²) < 4.78 is 0. The van der Waals surface area contributed by atoms with Gasteiger partial charge in [0, 0.05) is 51.0 Å². The van der Waals surface area contributed by atoms with Crippen LogP contribution in [0.15, 0.2) is 201 Å². The average molecular weight is 1440 g/mol. The maximum absolute atomic E-state index is 8.25. The molecule has 86 heavy (non-hydrogen) atoms. The van der Waals surface area contributed by atoms with Gasteiger partial charge >= 0.3 is 81.7 Å². The molecule has 0 unspecified atom stereocenters. The third kappa shape index (κ3) is 45.9.